The second kappa shape index (κ2) is 9.56. The molecule has 0 aliphatic carbocycles. The van der Waals surface area contributed by atoms with Crippen LogP contribution in [0.25, 0.3) is 0 Å². The van der Waals surface area contributed by atoms with Crippen molar-refractivity contribution in [3.05, 3.63) is 35.4 Å². The number of hydrogen-bond acceptors (Lipinski definition) is 3. The Morgan fingerprint density at radius 2 is 1.95 bits per heavy atom. The molecule has 19 heavy (non-hydrogen) atoms. The molecule has 0 fully saturated rings. The minimum Gasteiger partial charge on any atom is -0.460 e. The van der Waals surface area contributed by atoms with Gasteiger partial charge in [-0.1, -0.05) is 38.8 Å². The third kappa shape index (κ3) is 6.39. The van der Waals surface area contributed by atoms with Gasteiger partial charge >= 0.3 is 5.97 Å². The topological polar surface area (TPSA) is 35.5 Å². The first kappa shape index (κ1) is 15.7. The van der Waals surface area contributed by atoms with Crippen molar-refractivity contribution in [2.45, 2.75) is 39.5 Å². The fraction of sp³-hybridized carbons (Fsp3) is 0.562. The molecule has 0 saturated carbocycles. The molecule has 0 radical (unpaired) electrons. The van der Waals surface area contributed by atoms with Crippen molar-refractivity contribution >= 4 is 5.97 Å². The summed E-state index contributed by atoms with van der Waals surface area (Å²) in [6.45, 7) is 5.77. The Kier molecular flexibility index (Phi) is 7.91. The molecule has 106 valence electrons. The normalized spacial score (nSPS) is 10.4. The minimum absolute atomic E-state index is 0.271. The van der Waals surface area contributed by atoms with E-state index >= 15 is 0 Å². The molecular weight excluding hydrogens is 240 g/mol. The second-order valence-electron chi connectivity index (χ2n) is 4.51. The lowest BCUT2D eigenvalue weighted by molar-refractivity contribution is 0.0312. The van der Waals surface area contributed by atoms with Gasteiger partial charge in [-0.25, -0.2) is 4.79 Å². The molecule has 0 unspecified atom stereocenters. The van der Waals surface area contributed by atoms with Crippen LogP contribution in [0.4, 0.5) is 0 Å². The number of rotatable bonds is 9. The Morgan fingerprint density at radius 3 is 2.68 bits per heavy atom. The van der Waals surface area contributed by atoms with Gasteiger partial charge in [0.2, 0.25) is 0 Å². The predicted octanol–water partition coefficient (Wildman–Crippen LogP) is 3.61. The molecule has 3 heteroatoms. The maximum Gasteiger partial charge on any atom is 0.338 e. The molecule has 0 aliphatic rings. The molecule has 1 rings (SSSR count). The first-order valence-electron chi connectivity index (χ1n) is 7.11. The highest BCUT2D eigenvalue weighted by Gasteiger charge is 2.06. The van der Waals surface area contributed by atoms with Crippen molar-refractivity contribution in [2.24, 2.45) is 0 Å². The molecule has 0 spiro atoms. The molecule has 0 aliphatic heterocycles. The van der Waals surface area contributed by atoms with Crippen LogP contribution in [0.5, 0.6) is 0 Å². The molecule has 0 atom stereocenters. The largest absolute Gasteiger partial charge is 0.460 e. The number of esters is 1. The van der Waals surface area contributed by atoms with Crippen LogP contribution >= 0.6 is 0 Å². The fourth-order valence-corrected chi connectivity index (χ4v) is 1.75. The minimum atomic E-state index is -0.271. The average molecular weight is 264 g/mol. The van der Waals surface area contributed by atoms with Crippen LogP contribution in [0.3, 0.4) is 0 Å². The van der Waals surface area contributed by atoms with E-state index < -0.39 is 0 Å². The lowest BCUT2D eigenvalue weighted by Gasteiger charge is -2.06. The standard InChI is InChI=1S/C16H24O3/c1-3-5-6-10-18-11-12-19-16(17)15-9-7-8-14(4-2)13-15/h7-9,13H,3-6,10-12H2,1-2H3. The highest BCUT2D eigenvalue weighted by molar-refractivity contribution is 5.89. The summed E-state index contributed by atoms with van der Waals surface area (Å²) in [6.07, 6.45) is 4.36. The van der Waals surface area contributed by atoms with Gasteiger partial charge in [0.05, 0.1) is 12.2 Å². The van der Waals surface area contributed by atoms with Gasteiger partial charge in [0.1, 0.15) is 6.61 Å². The Morgan fingerprint density at radius 1 is 1.11 bits per heavy atom. The molecule has 0 saturated heterocycles. The zero-order valence-corrected chi connectivity index (χ0v) is 12.0. The van der Waals surface area contributed by atoms with E-state index in [2.05, 4.69) is 13.8 Å². The number of carbonyl (C=O) groups excluding carboxylic acids is 1. The quantitative estimate of drug-likeness (QED) is 0.505. The maximum atomic E-state index is 11.8. The first-order chi connectivity index (χ1) is 9.27. The summed E-state index contributed by atoms with van der Waals surface area (Å²) in [5.41, 5.74) is 1.76. The number of unbranched alkanes of at least 4 members (excludes halogenated alkanes) is 2. The van der Waals surface area contributed by atoms with E-state index in [4.69, 9.17) is 9.47 Å². The van der Waals surface area contributed by atoms with Crippen molar-refractivity contribution in [3.63, 3.8) is 0 Å². The summed E-state index contributed by atoms with van der Waals surface area (Å²) < 4.78 is 10.6. The third-order valence-electron chi connectivity index (χ3n) is 2.92. The highest BCUT2D eigenvalue weighted by Crippen LogP contribution is 2.07. The van der Waals surface area contributed by atoms with Crippen LogP contribution in [-0.2, 0) is 15.9 Å². The van der Waals surface area contributed by atoms with Gasteiger partial charge in [-0.2, -0.15) is 0 Å². The van der Waals surface area contributed by atoms with Crippen molar-refractivity contribution in [2.75, 3.05) is 19.8 Å². The lowest BCUT2D eigenvalue weighted by atomic mass is 10.1. The lowest BCUT2D eigenvalue weighted by Crippen LogP contribution is -2.11. The number of hydrogen-bond donors (Lipinski definition) is 0. The Hall–Kier alpha value is -1.35. The summed E-state index contributed by atoms with van der Waals surface area (Å²) in [5, 5.41) is 0. The Balaban J connectivity index is 2.20. The third-order valence-corrected chi connectivity index (χ3v) is 2.92. The molecule has 0 N–H and O–H groups in total. The average Bonchev–Trinajstić information content (AvgIpc) is 2.46. The van der Waals surface area contributed by atoms with E-state index in [0.29, 0.717) is 18.8 Å². The summed E-state index contributed by atoms with van der Waals surface area (Å²) in [7, 11) is 0. The number of benzene rings is 1. The summed E-state index contributed by atoms with van der Waals surface area (Å²) >= 11 is 0. The molecule has 1 aromatic rings. The van der Waals surface area contributed by atoms with E-state index in [1.807, 2.05) is 18.2 Å². The highest BCUT2D eigenvalue weighted by atomic mass is 16.6. The molecule has 3 nitrogen and oxygen atoms in total. The van der Waals surface area contributed by atoms with Crippen LogP contribution in [0.15, 0.2) is 24.3 Å². The maximum absolute atomic E-state index is 11.8. The van der Waals surface area contributed by atoms with Gasteiger partial charge < -0.3 is 9.47 Å². The van der Waals surface area contributed by atoms with Gasteiger partial charge in [-0.15, -0.1) is 0 Å². The van der Waals surface area contributed by atoms with Gasteiger partial charge in [-0.05, 0) is 30.5 Å². The van der Waals surface area contributed by atoms with Crippen molar-refractivity contribution < 1.29 is 14.3 Å². The van der Waals surface area contributed by atoms with Crippen LogP contribution < -0.4 is 0 Å². The molecule has 0 bridgehead atoms. The Bertz CT molecular complexity index is 374. The second-order valence-corrected chi connectivity index (χ2v) is 4.51. The van der Waals surface area contributed by atoms with Gasteiger partial charge in [0.25, 0.3) is 0 Å². The predicted molar refractivity (Wildman–Crippen MR) is 76.4 cm³/mol. The number of ether oxygens (including phenoxy) is 2. The number of aryl methyl sites for hydroxylation is 1. The zero-order valence-electron chi connectivity index (χ0n) is 12.0. The van der Waals surface area contributed by atoms with Crippen LogP contribution in [0.1, 0.15) is 49.0 Å². The fourth-order valence-electron chi connectivity index (χ4n) is 1.75. The molecular formula is C16H24O3. The van der Waals surface area contributed by atoms with E-state index in [9.17, 15) is 4.79 Å². The van der Waals surface area contributed by atoms with Crippen LogP contribution in [0.2, 0.25) is 0 Å². The summed E-state index contributed by atoms with van der Waals surface area (Å²) in [6, 6.07) is 7.55. The monoisotopic (exact) mass is 264 g/mol. The molecule has 0 heterocycles. The SMILES string of the molecule is CCCCCOCCOC(=O)c1cccc(CC)c1. The van der Waals surface area contributed by atoms with E-state index in [0.717, 1.165) is 25.0 Å². The van der Waals surface area contributed by atoms with Crippen molar-refractivity contribution in [3.8, 4) is 0 Å². The molecule has 0 aromatic heterocycles. The zero-order chi connectivity index (χ0) is 13.9. The Labute approximate surface area is 115 Å². The van der Waals surface area contributed by atoms with Crippen LogP contribution in [-0.4, -0.2) is 25.8 Å². The number of carbonyl (C=O) groups is 1. The van der Waals surface area contributed by atoms with E-state index in [-0.39, 0.29) is 5.97 Å². The summed E-state index contributed by atoms with van der Waals surface area (Å²) in [4.78, 5) is 11.8. The van der Waals surface area contributed by atoms with E-state index in [1.54, 1.807) is 6.07 Å². The van der Waals surface area contributed by atoms with Gasteiger partial charge in [0.15, 0.2) is 0 Å². The van der Waals surface area contributed by atoms with E-state index in [1.165, 1.54) is 12.8 Å². The first-order valence-corrected chi connectivity index (χ1v) is 7.11. The van der Waals surface area contributed by atoms with Gasteiger partial charge in [-0.3, -0.25) is 0 Å². The van der Waals surface area contributed by atoms with Crippen molar-refractivity contribution in [1.82, 2.24) is 0 Å². The van der Waals surface area contributed by atoms with Crippen LogP contribution in [0, 0.1) is 0 Å². The molecule has 0 amide bonds. The van der Waals surface area contributed by atoms with Crippen molar-refractivity contribution in [1.29, 1.82) is 0 Å². The smallest absolute Gasteiger partial charge is 0.338 e. The van der Waals surface area contributed by atoms with Gasteiger partial charge in [0, 0.05) is 6.61 Å². The molecule has 1 aromatic carbocycles. The summed E-state index contributed by atoms with van der Waals surface area (Å²) in [5.74, 6) is -0.271.